The van der Waals surface area contributed by atoms with Crippen LogP contribution in [0.1, 0.15) is 57.6 Å². The van der Waals surface area contributed by atoms with Crippen molar-refractivity contribution in [3.8, 4) is 22.6 Å². The third kappa shape index (κ3) is 6.68. The van der Waals surface area contributed by atoms with Crippen LogP contribution in [0.2, 0.25) is 10.0 Å². The standard InChI is InChI=1S/C38H40Cl2FN5O5/c1-44-15-14-30-29(20-44)42-36(45(30)2)37(47)43-28-10-6-9-26(32(28)40)23-7-5-8-25-24(23)11-12-31(25)51-35-27(39)17-22(34(49-3)33(35)41)19-46-16-13-21(18-46)38(48)50-4/h5-10,17,21,31H,11-16,18-20H2,1-4H3,(H,43,47). The minimum absolute atomic E-state index is 0.0616. The summed E-state index contributed by atoms with van der Waals surface area (Å²) in [5.41, 5.74) is 6.65. The van der Waals surface area contributed by atoms with Crippen LogP contribution in [0.15, 0.2) is 42.5 Å². The molecule has 13 heteroatoms. The number of nitrogens with zero attached hydrogens (tertiary/aromatic N) is 4. The van der Waals surface area contributed by atoms with Crippen LogP contribution < -0.4 is 14.8 Å². The van der Waals surface area contributed by atoms with Crippen molar-refractivity contribution in [3.63, 3.8) is 0 Å². The molecule has 1 amide bonds. The highest BCUT2D eigenvalue weighted by Crippen LogP contribution is 2.46. The summed E-state index contributed by atoms with van der Waals surface area (Å²) in [6.45, 7) is 3.16. The lowest BCUT2D eigenvalue weighted by Gasteiger charge is -2.22. The normalized spacial score (nSPS) is 18.7. The second-order valence-corrected chi connectivity index (χ2v) is 14.2. The zero-order valence-corrected chi connectivity index (χ0v) is 30.5. The summed E-state index contributed by atoms with van der Waals surface area (Å²) in [5.74, 6) is -1.12. The van der Waals surface area contributed by atoms with E-state index < -0.39 is 11.9 Å². The fourth-order valence-electron chi connectivity index (χ4n) is 7.67. The van der Waals surface area contributed by atoms with E-state index in [0.29, 0.717) is 67.5 Å². The van der Waals surface area contributed by atoms with E-state index in [2.05, 4.69) is 20.1 Å². The Bertz CT molecular complexity index is 2020. The van der Waals surface area contributed by atoms with E-state index in [0.717, 1.165) is 46.6 Å². The van der Waals surface area contributed by atoms with Gasteiger partial charge in [-0.25, -0.2) is 4.98 Å². The van der Waals surface area contributed by atoms with Crippen LogP contribution in [-0.4, -0.2) is 72.1 Å². The van der Waals surface area contributed by atoms with Crippen molar-refractivity contribution >= 4 is 40.8 Å². The van der Waals surface area contributed by atoms with Gasteiger partial charge in [0.15, 0.2) is 17.3 Å². The van der Waals surface area contributed by atoms with Gasteiger partial charge in [0.1, 0.15) is 6.10 Å². The number of anilines is 1. The predicted molar refractivity (Wildman–Crippen MR) is 193 cm³/mol. The third-order valence-electron chi connectivity index (χ3n) is 10.3. The average Bonchev–Trinajstić information content (AvgIpc) is 3.84. The molecule has 1 fully saturated rings. The van der Waals surface area contributed by atoms with Gasteiger partial charge >= 0.3 is 5.97 Å². The predicted octanol–water partition coefficient (Wildman–Crippen LogP) is 6.84. The number of ether oxygens (including phenoxy) is 3. The molecular weight excluding hydrogens is 696 g/mol. The summed E-state index contributed by atoms with van der Waals surface area (Å²) in [7, 11) is 6.71. The number of carbonyl (C=O) groups is 2. The first-order valence-electron chi connectivity index (χ1n) is 17.0. The van der Waals surface area contributed by atoms with Gasteiger partial charge in [0, 0.05) is 56.5 Å². The van der Waals surface area contributed by atoms with E-state index in [1.165, 1.54) is 14.2 Å². The molecule has 268 valence electrons. The summed E-state index contributed by atoms with van der Waals surface area (Å²) in [4.78, 5) is 34.3. The molecule has 2 aliphatic heterocycles. The van der Waals surface area contributed by atoms with Gasteiger partial charge in [-0.15, -0.1) is 0 Å². The summed E-state index contributed by atoms with van der Waals surface area (Å²) in [6, 6.07) is 13.1. The van der Waals surface area contributed by atoms with E-state index in [-0.39, 0.29) is 34.3 Å². The number of benzene rings is 3. The number of likely N-dealkylation sites (tertiary alicyclic amines) is 1. The van der Waals surface area contributed by atoms with Crippen molar-refractivity contribution in [1.82, 2.24) is 19.4 Å². The van der Waals surface area contributed by atoms with Crippen LogP contribution in [0, 0.1) is 11.7 Å². The monoisotopic (exact) mass is 735 g/mol. The number of rotatable bonds is 9. The number of halogens is 3. The number of imidazole rings is 1. The van der Waals surface area contributed by atoms with E-state index in [1.54, 1.807) is 12.1 Å². The second kappa shape index (κ2) is 14.5. The zero-order chi connectivity index (χ0) is 36.0. The molecular formula is C38H40Cl2FN5O5. The van der Waals surface area contributed by atoms with Gasteiger partial charge in [-0.05, 0) is 61.7 Å². The van der Waals surface area contributed by atoms with Crippen LogP contribution in [0.3, 0.4) is 0 Å². The first-order valence-corrected chi connectivity index (χ1v) is 17.8. The molecule has 7 rings (SSSR count). The Kier molecular flexibility index (Phi) is 9.99. The summed E-state index contributed by atoms with van der Waals surface area (Å²) in [5, 5.41) is 3.53. The highest BCUT2D eigenvalue weighted by Gasteiger charge is 2.33. The number of hydrogen-bond donors (Lipinski definition) is 1. The number of amides is 1. The van der Waals surface area contributed by atoms with E-state index in [4.69, 9.17) is 37.4 Å². The van der Waals surface area contributed by atoms with Crippen LogP contribution in [0.5, 0.6) is 11.5 Å². The van der Waals surface area contributed by atoms with Gasteiger partial charge in [0.25, 0.3) is 5.91 Å². The molecule has 51 heavy (non-hydrogen) atoms. The maximum Gasteiger partial charge on any atom is 0.310 e. The van der Waals surface area contributed by atoms with Crippen LogP contribution in [0.4, 0.5) is 10.1 Å². The van der Waals surface area contributed by atoms with Crippen LogP contribution in [-0.2, 0) is 42.5 Å². The fourth-order valence-corrected chi connectivity index (χ4v) is 8.20. The number of methoxy groups -OCH3 is 2. The molecule has 0 spiro atoms. The van der Waals surface area contributed by atoms with Crippen LogP contribution in [0.25, 0.3) is 11.1 Å². The topological polar surface area (TPSA) is 98.2 Å². The molecule has 1 aliphatic carbocycles. The largest absolute Gasteiger partial charge is 0.493 e. The molecule has 0 saturated carbocycles. The molecule has 1 saturated heterocycles. The van der Waals surface area contributed by atoms with Gasteiger partial charge in [-0.1, -0.05) is 53.5 Å². The van der Waals surface area contributed by atoms with Gasteiger partial charge in [-0.3, -0.25) is 14.5 Å². The molecule has 0 bridgehead atoms. The maximum atomic E-state index is 16.0. The van der Waals surface area contributed by atoms with Gasteiger partial charge in [0.05, 0.1) is 41.6 Å². The van der Waals surface area contributed by atoms with E-state index in [1.807, 2.05) is 49.0 Å². The highest BCUT2D eigenvalue weighted by molar-refractivity contribution is 6.36. The van der Waals surface area contributed by atoms with Gasteiger partial charge in [-0.2, -0.15) is 4.39 Å². The SMILES string of the molecule is COC(=O)C1CCN(Cc2cc(Cl)c(OC3CCc4c(-c5cccc(NC(=O)c6nc7c(n6C)CCN(C)C7)c5Cl)cccc43)c(F)c2OC)C1. The Balaban J connectivity index is 1.11. The molecule has 0 radical (unpaired) electrons. The molecule has 10 nitrogen and oxygen atoms in total. The maximum absolute atomic E-state index is 16.0. The number of likely N-dealkylation sites (N-methyl/N-ethyl adjacent to an activating group) is 1. The van der Waals surface area contributed by atoms with Crippen LogP contribution >= 0.6 is 23.2 Å². The first-order chi connectivity index (χ1) is 24.6. The Morgan fingerprint density at radius 2 is 1.80 bits per heavy atom. The Morgan fingerprint density at radius 3 is 2.59 bits per heavy atom. The smallest absolute Gasteiger partial charge is 0.310 e. The lowest BCUT2D eigenvalue weighted by molar-refractivity contribution is -0.144. The number of nitrogens with one attached hydrogen (secondary N) is 1. The fraction of sp³-hybridized carbons (Fsp3) is 0.395. The van der Waals surface area contributed by atoms with Crippen molar-refractivity contribution in [2.24, 2.45) is 13.0 Å². The third-order valence-corrected chi connectivity index (χ3v) is 11.0. The lowest BCUT2D eigenvalue weighted by atomic mass is 9.96. The van der Waals surface area contributed by atoms with E-state index in [9.17, 15) is 9.59 Å². The molecule has 3 aromatic carbocycles. The minimum Gasteiger partial charge on any atom is -0.493 e. The van der Waals surface area contributed by atoms with Gasteiger partial charge in [0.2, 0.25) is 5.82 Å². The number of hydrogen-bond acceptors (Lipinski definition) is 8. The van der Waals surface area contributed by atoms with Crippen molar-refractivity contribution in [2.45, 2.75) is 44.9 Å². The molecule has 1 aromatic heterocycles. The Hall–Kier alpha value is -4.16. The molecule has 1 N–H and O–H groups in total. The van der Waals surface area contributed by atoms with Gasteiger partial charge < -0.3 is 29.0 Å². The Labute approximate surface area is 306 Å². The van der Waals surface area contributed by atoms with E-state index >= 15 is 4.39 Å². The quantitative estimate of drug-likeness (QED) is 0.187. The molecule has 4 aromatic rings. The van der Waals surface area contributed by atoms with Crippen molar-refractivity contribution in [3.05, 3.63) is 92.2 Å². The summed E-state index contributed by atoms with van der Waals surface area (Å²) >= 11 is 13.7. The van der Waals surface area contributed by atoms with Crippen molar-refractivity contribution in [2.75, 3.05) is 46.2 Å². The molecule has 3 aliphatic rings. The minimum atomic E-state index is -0.666. The highest BCUT2D eigenvalue weighted by atomic mass is 35.5. The number of esters is 1. The summed E-state index contributed by atoms with van der Waals surface area (Å²) < 4.78 is 34.7. The average molecular weight is 737 g/mol. The number of fused-ring (bicyclic) bond motifs is 2. The second-order valence-electron chi connectivity index (χ2n) is 13.5. The first kappa shape index (κ1) is 35.3. The zero-order valence-electron chi connectivity index (χ0n) is 29.0. The molecule has 2 unspecified atom stereocenters. The Morgan fingerprint density at radius 1 is 1.02 bits per heavy atom. The molecule has 3 heterocycles. The molecule has 2 atom stereocenters. The van der Waals surface area contributed by atoms with Crippen molar-refractivity contribution in [1.29, 1.82) is 0 Å². The lowest BCUT2D eigenvalue weighted by Crippen LogP contribution is -2.27. The number of carbonyl (C=O) groups excluding carboxylic acids is 2. The van der Waals surface area contributed by atoms with Crippen molar-refractivity contribution < 1.29 is 28.2 Å². The summed E-state index contributed by atoms with van der Waals surface area (Å²) in [6.07, 6.45) is 2.31. The number of aromatic nitrogens is 2.